The third kappa shape index (κ3) is 3.55. The predicted molar refractivity (Wildman–Crippen MR) is 98.5 cm³/mol. The van der Waals surface area contributed by atoms with Gasteiger partial charge in [0.05, 0.1) is 17.2 Å². The van der Waals surface area contributed by atoms with Crippen molar-refractivity contribution in [2.24, 2.45) is 0 Å². The van der Waals surface area contributed by atoms with Crippen LogP contribution in [-0.2, 0) is 0 Å². The van der Waals surface area contributed by atoms with Gasteiger partial charge in [0.1, 0.15) is 0 Å². The van der Waals surface area contributed by atoms with E-state index in [0.29, 0.717) is 35.5 Å². The Morgan fingerprint density at radius 3 is 2.93 bits per heavy atom. The molecule has 4 heterocycles. The fourth-order valence-electron chi connectivity index (χ4n) is 3.33. The highest BCUT2D eigenvalue weighted by Crippen LogP contribution is 2.29. The van der Waals surface area contributed by atoms with E-state index in [1.807, 2.05) is 19.1 Å². The molecule has 0 amide bonds. The predicted octanol–water partition coefficient (Wildman–Crippen LogP) is 2.82. The number of nitrogens with zero attached hydrogens (tertiary/aromatic N) is 6. The summed E-state index contributed by atoms with van der Waals surface area (Å²) in [6.45, 7) is 4.92. The van der Waals surface area contributed by atoms with Crippen LogP contribution in [-0.4, -0.2) is 44.0 Å². The molecule has 3 aromatic heterocycles. The third-order valence-corrected chi connectivity index (χ3v) is 4.76. The molecule has 0 saturated carbocycles. The van der Waals surface area contributed by atoms with Crippen LogP contribution in [0, 0.1) is 6.92 Å². The van der Waals surface area contributed by atoms with E-state index in [1.54, 1.807) is 18.6 Å². The number of piperidine rings is 1. The molecular weight excluding hydrogens is 344 g/mol. The molecule has 0 aliphatic carbocycles. The number of anilines is 1. The van der Waals surface area contributed by atoms with Crippen molar-refractivity contribution in [2.45, 2.75) is 32.6 Å². The lowest BCUT2D eigenvalue weighted by molar-refractivity contribution is 0.101. The molecule has 1 atom stereocenters. The second kappa shape index (κ2) is 7.22. The number of carbonyl (C=O) groups is 1. The van der Waals surface area contributed by atoms with Crippen molar-refractivity contribution in [3.8, 4) is 11.4 Å². The first-order valence-electron chi connectivity index (χ1n) is 8.95. The Hall–Kier alpha value is -3.16. The number of rotatable bonds is 4. The summed E-state index contributed by atoms with van der Waals surface area (Å²) < 4.78 is 5.52. The van der Waals surface area contributed by atoms with Crippen molar-refractivity contribution >= 4 is 11.7 Å². The lowest BCUT2D eigenvalue weighted by Gasteiger charge is -2.31. The Morgan fingerprint density at radius 2 is 2.19 bits per heavy atom. The highest BCUT2D eigenvalue weighted by molar-refractivity contribution is 5.94. The number of hydrogen-bond donors (Lipinski definition) is 0. The van der Waals surface area contributed by atoms with E-state index in [4.69, 9.17) is 4.52 Å². The van der Waals surface area contributed by atoms with Crippen molar-refractivity contribution in [2.75, 3.05) is 18.0 Å². The minimum Gasteiger partial charge on any atom is -0.340 e. The minimum atomic E-state index is -0.0237. The van der Waals surface area contributed by atoms with Crippen molar-refractivity contribution in [3.63, 3.8) is 0 Å². The maximum absolute atomic E-state index is 11.6. The van der Waals surface area contributed by atoms with Gasteiger partial charge in [-0.15, -0.1) is 0 Å². The molecule has 1 fully saturated rings. The van der Waals surface area contributed by atoms with Crippen LogP contribution in [0.3, 0.4) is 0 Å². The quantitative estimate of drug-likeness (QED) is 0.652. The van der Waals surface area contributed by atoms with E-state index in [0.717, 1.165) is 24.9 Å². The molecule has 0 aromatic carbocycles. The van der Waals surface area contributed by atoms with Crippen LogP contribution in [0.15, 0.2) is 35.2 Å². The van der Waals surface area contributed by atoms with Gasteiger partial charge >= 0.3 is 0 Å². The topological polar surface area (TPSA) is 97.9 Å². The van der Waals surface area contributed by atoms with Gasteiger partial charge in [-0.2, -0.15) is 4.98 Å². The normalized spacial score (nSPS) is 17.1. The van der Waals surface area contributed by atoms with Gasteiger partial charge in [0.2, 0.25) is 17.7 Å². The average Bonchev–Trinajstić information content (AvgIpc) is 3.19. The van der Waals surface area contributed by atoms with Crippen molar-refractivity contribution < 1.29 is 9.32 Å². The molecule has 1 saturated heterocycles. The van der Waals surface area contributed by atoms with Crippen LogP contribution in [0.2, 0.25) is 0 Å². The number of Topliss-reactive ketones (excluding diaryl/α,β-unsaturated/α-hetero) is 1. The number of pyridine rings is 1. The van der Waals surface area contributed by atoms with Crippen LogP contribution in [0.5, 0.6) is 0 Å². The number of carbonyl (C=O) groups excluding carboxylic acids is 1. The smallest absolute Gasteiger partial charge is 0.231 e. The second-order valence-corrected chi connectivity index (χ2v) is 6.71. The van der Waals surface area contributed by atoms with E-state index in [9.17, 15) is 4.79 Å². The lowest BCUT2D eigenvalue weighted by Crippen LogP contribution is -2.36. The average molecular weight is 364 g/mol. The van der Waals surface area contributed by atoms with Gasteiger partial charge in [-0.25, -0.2) is 9.97 Å². The van der Waals surface area contributed by atoms with Crippen LogP contribution in [0.1, 0.15) is 47.6 Å². The van der Waals surface area contributed by atoms with Gasteiger partial charge in [-0.1, -0.05) is 5.16 Å². The summed E-state index contributed by atoms with van der Waals surface area (Å²) in [4.78, 5) is 31.2. The summed E-state index contributed by atoms with van der Waals surface area (Å²) in [6.07, 6.45) is 6.98. The summed E-state index contributed by atoms with van der Waals surface area (Å²) in [6, 6.07) is 3.75. The van der Waals surface area contributed by atoms with Crippen LogP contribution >= 0.6 is 0 Å². The fraction of sp³-hybridized carbons (Fsp3) is 0.368. The number of aryl methyl sites for hydroxylation is 1. The van der Waals surface area contributed by atoms with E-state index >= 15 is 0 Å². The first-order valence-corrected chi connectivity index (χ1v) is 8.95. The van der Waals surface area contributed by atoms with E-state index in [1.165, 1.54) is 6.92 Å². The first kappa shape index (κ1) is 17.3. The molecule has 1 aliphatic rings. The van der Waals surface area contributed by atoms with Crippen molar-refractivity contribution in [1.29, 1.82) is 0 Å². The van der Waals surface area contributed by atoms with Crippen LogP contribution in [0.25, 0.3) is 11.4 Å². The monoisotopic (exact) mass is 364 g/mol. The largest absolute Gasteiger partial charge is 0.340 e. The Morgan fingerprint density at radius 1 is 1.30 bits per heavy atom. The lowest BCUT2D eigenvalue weighted by atomic mass is 9.98. The molecular formula is C19H20N6O2. The molecule has 0 bridgehead atoms. The molecule has 0 N–H and O–H groups in total. The van der Waals surface area contributed by atoms with E-state index in [2.05, 4.69) is 30.0 Å². The molecule has 27 heavy (non-hydrogen) atoms. The summed E-state index contributed by atoms with van der Waals surface area (Å²) in [7, 11) is 0. The third-order valence-electron chi connectivity index (χ3n) is 4.76. The molecule has 0 radical (unpaired) electrons. The maximum atomic E-state index is 11.6. The Labute approximate surface area is 156 Å². The molecule has 0 unspecified atom stereocenters. The van der Waals surface area contributed by atoms with E-state index < -0.39 is 0 Å². The van der Waals surface area contributed by atoms with Crippen molar-refractivity contribution in [1.82, 2.24) is 25.1 Å². The van der Waals surface area contributed by atoms with Gasteiger partial charge in [0.15, 0.2) is 5.78 Å². The Balaban J connectivity index is 1.53. The Bertz CT molecular complexity index is 956. The Kier molecular flexibility index (Phi) is 4.62. The summed E-state index contributed by atoms with van der Waals surface area (Å²) in [5, 5.41) is 4.09. The molecule has 8 nitrogen and oxygen atoms in total. The molecule has 8 heteroatoms. The first-order chi connectivity index (χ1) is 13.1. The summed E-state index contributed by atoms with van der Waals surface area (Å²) in [5.41, 5.74) is 2.09. The van der Waals surface area contributed by atoms with Crippen LogP contribution in [0.4, 0.5) is 5.95 Å². The van der Waals surface area contributed by atoms with Gasteiger partial charge in [0, 0.05) is 37.2 Å². The highest BCUT2D eigenvalue weighted by Gasteiger charge is 2.28. The number of ketones is 1. The maximum Gasteiger partial charge on any atom is 0.231 e. The molecule has 1 aliphatic heterocycles. The molecule has 138 valence electrons. The molecule has 0 spiro atoms. The van der Waals surface area contributed by atoms with Gasteiger partial charge in [0.25, 0.3) is 0 Å². The van der Waals surface area contributed by atoms with Gasteiger partial charge < -0.3 is 9.42 Å². The van der Waals surface area contributed by atoms with Gasteiger partial charge in [-0.05, 0) is 38.8 Å². The molecule has 3 aromatic rings. The summed E-state index contributed by atoms with van der Waals surface area (Å²) >= 11 is 0. The summed E-state index contributed by atoms with van der Waals surface area (Å²) in [5.74, 6) is 1.90. The number of aromatic nitrogens is 5. The van der Waals surface area contributed by atoms with E-state index in [-0.39, 0.29) is 11.7 Å². The minimum absolute atomic E-state index is 0.0237. The highest BCUT2D eigenvalue weighted by atomic mass is 16.5. The zero-order valence-corrected chi connectivity index (χ0v) is 15.3. The van der Waals surface area contributed by atoms with Crippen molar-refractivity contribution in [3.05, 3.63) is 47.9 Å². The number of hydrogen-bond acceptors (Lipinski definition) is 8. The fourth-order valence-corrected chi connectivity index (χ4v) is 3.33. The van der Waals surface area contributed by atoms with Gasteiger partial charge in [-0.3, -0.25) is 9.78 Å². The standard InChI is InChI=1S/C19H20N6O2/c1-12-16(13(2)26)10-21-19(22-12)25-8-4-6-15(11-25)18-23-17(24-27-18)14-5-3-7-20-9-14/h3,5,7,9-10,15H,4,6,8,11H2,1-2H3/t15-/m0/s1. The molecule has 4 rings (SSSR count). The SMILES string of the molecule is CC(=O)c1cnc(N2CCC[C@H](c3nc(-c4cccnc4)no3)C2)nc1C. The zero-order chi connectivity index (χ0) is 18.8. The zero-order valence-electron chi connectivity index (χ0n) is 15.3. The second-order valence-electron chi connectivity index (χ2n) is 6.71. The van der Waals surface area contributed by atoms with Crippen LogP contribution < -0.4 is 4.90 Å².